The second kappa shape index (κ2) is 6.94. The van der Waals surface area contributed by atoms with Crippen molar-refractivity contribution < 1.29 is 4.57 Å². The molecule has 3 nitrogen and oxygen atoms in total. The molecule has 0 aliphatic carbocycles. The maximum absolute atomic E-state index is 4.78. The van der Waals surface area contributed by atoms with E-state index in [0.717, 1.165) is 12.8 Å². The molecule has 4 rings (SSSR count). The van der Waals surface area contributed by atoms with Gasteiger partial charge in [-0.1, -0.05) is 94.5 Å². The van der Waals surface area contributed by atoms with Crippen LogP contribution < -0.4 is 4.57 Å². The Morgan fingerprint density at radius 3 is 1.93 bits per heavy atom. The summed E-state index contributed by atoms with van der Waals surface area (Å²) in [7, 11) is 0.0947. The van der Waals surface area contributed by atoms with Gasteiger partial charge in [0.2, 0.25) is 6.33 Å². The van der Waals surface area contributed by atoms with Gasteiger partial charge in [-0.3, -0.25) is 0 Å². The highest BCUT2D eigenvalue weighted by atomic mass is 28.3. The Bertz CT molecular complexity index is 944. The third-order valence-corrected chi connectivity index (χ3v) is 14.3. The molecule has 0 fully saturated rings. The van der Waals surface area contributed by atoms with Crippen LogP contribution in [0.15, 0.2) is 67.0 Å². The number of aryl methyl sites for hydroxylation is 2. The SMILES string of the molecule is Cn1c[n+]2c(n1)CC[C@H]2C(c1ccccc1)(c1ccccc1)[Si](C)(C)C(C)(C)C. The van der Waals surface area contributed by atoms with E-state index in [2.05, 4.69) is 105 Å². The highest BCUT2D eigenvalue weighted by Gasteiger charge is 2.61. The third kappa shape index (κ3) is 2.91. The molecule has 1 aromatic heterocycles. The van der Waals surface area contributed by atoms with Crippen LogP contribution in [0.1, 0.15) is 50.2 Å². The predicted octanol–water partition coefficient (Wildman–Crippen LogP) is 5.23. The number of hydrogen-bond acceptors (Lipinski definition) is 1. The van der Waals surface area contributed by atoms with Gasteiger partial charge < -0.3 is 0 Å². The van der Waals surface area contributed by atoms with E-state index in [1.54, 1.807) is 0 Å². The van der Waals surface area contributed by atoms with E-state index in [0.29, 0.717) is 6.04 Å². The quantitative estimate of drug-likeness (QED) is 0.431. The van der Waals surface area contributed by atoms with Gasteiger partial charge >= 0.3 is 0 Å². The Kier molecular flexibility index (Phi) is 4.81. The van der Waals surface area contributed by atoms with Gasteiger partial charge in [0.1, 0.15) is 0 Å². The summed E-state index contributed by atoms with van der Waals surface area (Å²) in [5.41, 5.74) is 2.90. The molecule has 0 amide bonds. The molecule has 0 spiro atoms. The van der Waals surface area contributed by atoms with Crippen LogP contribution in [0.3, 0.4) is 0 Å². The van der Waals surface area contributed by atoms with Gasteiger partial charge in [-0.05, 0) is 22.6 Å². The molecule has 0 N–H and O–H groups in total. The van der Waals surface area contributed by atoms with Crippen LogP contribution in [0.4, 0.5) is 0 Å². The number of fused-ring (bicyclic) bond motifs is 1. The summed E-state index contributed by atoms with van der Waals surface area (Å²) >= 11 is 0. The molecule has 0 unspecified atom stereocenters. The maximum atomic E-state index is 4.78. The molecule has 0 saturated carbocycles. The first-order valence-electron chi connectivity index (χ1n) is 10.7. The summed E-state index contributed by atoms with van der Waals surface area (Å²) < 4.78 is 4.47. The lowest BCUT2D eigenvalue weighted by Gasteiger charge is -2.55. The van der Waals surface area contributed by atoms with Crippen molar-refractivity contribution in [3.63, 3.8) is 0 Å². The van der Waals surface area contributed by atoms with Gasteiger partial charge in [0.25, 0.3) is 5.82 Å². The molecule has 0 saturated heterocycles. The lowest BCUT2D eigenvalue weighted by molar-refractivity contribution is -0.722. The normalized spacial score (nSPS) is 17.4. The average Bonchev–Trinajstić information content (AvgIpc) is 3.23. The van der Waals surface area contributed by atoms with Crippen molar-refractivity contribution in [3.05, 3.63) is 83.9 Å². The summed E-state index contributed by atoms with van der Waals surface area (Å²) in [5, 5.41) is 4.96. The second-order valence-electron chi connectivity index (χ2n) is 10.1. The summed E-state index contributed by atoms with van der Waals surface area (Å²) in [6.45, 7) is 12.5. The standard InChI is InChI=1S/C25H34N3Si/c1-24(2,3)29(5,6)25(20-13-9-7-10-14-20,21-15-11-8-12-16-21)22-17-18-23-26-27(4)19-28(22)23/h7-16,19,22H,17-18H2,1-6H3/q+1/t22-/m0/s1. The zero-order valence-electron chi connectivity index (χ0n) is 18.7. The van der Waals surface area contributed by atoms with E-state index in [1.807, 2.05) is 11.7 Å². The number of benzene rings is 2. The third-order valence-electron chi connectivity index (χ3n) is 7.66. The molecule has 3 aromatic rings. The minimum absolute atomic E-state index is 0.0489. The molecular formula is C25H34N3Si+. The number of nitrogens with zero attached hydrogens (tertiary/aromatic N) is 3. The second-order valence-corrected chi connectivity index (χ2v) is 15.6. The summed E-state index contributed by atoms with van der Waals surface area (Å²) in [6.07, 6.45) is 4.39. The Balaban J connectivity index is 2.11. The van der Waals surface area contributed by atoms with E-state index < -0.39 is 8.07 Å². The van der Waals surface area contributed by atoms with Crippen LogP contribution in [-0.4, -0.2) is 17.9 Å². The van der Waals surface area contributed by atoms with Crippen molar-refractivity contribution in [3.8, 4) is 0 Å². The fraction of sp³-hybridized carbons (Fsp3) is 0.440. The molecule has 0 bridgehead atoms. The van der Waals surface area contributed by atoms with E-state index in [4.69, 9.17) is 5.10 Å². The van der Waals surface area contributed by atoms with Crippen molar-refractivity contribution in [2.45, 2.75) is 62.8 Å². The largest absolute Gasteiger partial charge is 0.277 e. The van der Waals surface area contributed by atoms with E-state index >= 15 is 0 Å². The Hall–Kier alpha value is -2.20. The van der Waals surface area contributed by atoms with Crippen LogP contribution >= 0.6 is 0 Å². The minimum Gasteiger partial charge on any atom is -0.231 e. The molecule has 152 valence electrons. The summed E-state index contributed by atoms with van der Waals surface area (Å²) in [6, 6.07) is 23.0. The van der Waals surface area contributed by atoms with Crippen LogP contribution in [0.2, 0.25) is 18.1 Å². The zero-order chi connectivity index (χ0) is 20.9. The summed E-state index contributed by atoms with van der Waals surface area (Å²) in [4.78, 5) is 0. The zero-order valence-corrected chi connectivity index (χ0v) is 19.7. The fourth-order valence-corrected chi connectivity index (χ4v) is 9.54. The minimum atomic E-state index is -1.95. The van der Waals surface area contributed by atoms with E-state index in [1.165, 1.54) is 17.0 Å². The topological polar surface area (TPSA) is 21.7 Å². The Morgan fingerprint density at radius 1 is 0.931 bits per heavy atom. The molecular weight excluding hydrogens is 370 g/mol. The maximum Gasteiger partial charge on any atom is 0.277 e. The molecule has 1 aliphatic rings. The lowest BCUT2D eigenvalue weighted by atomic mass is 9.82. The van der Waals surface area contributed by atoms with Crippen molar-refractivity contribution in [1.82, 2.24) is 9.78 Å². The summed E-state index contributed by atoms with van der Waals surface area (Å²) in [5.74, 6) is 1.22. The van der Waals surface area contributed by atoms with Crippen LogP contribution in [0.25, 0.3) is 0 Å². The van der Waals surface area contributed by atoms with Crippen molar-refractivity contribution in [2.75, 3.05) is 0 Å². The van der Waals surface area contributed by atoms with Crippen LogP contribution in [0.5, 0.6) is 0 Å². The molecule has 1 aliphatic heterocycles. The van der Waals surface area contributed by atoms with Gasteiger partial charge in [0, 0.05) is 16.6 Å². The molecule has 2 aromatic carbocycles. The number of hydrogen-bond donors (Lipinski definition) is 0. The molecule has 4 heteroatoms. The molecule has 29 heavy (non-hydrogen) atoms. The Morgan fingerprint density at radius 2 is 1.45 bits per heavy atom. The van der Waals surface area contributed by atoms with Crippen molar-refractivity contribution >= 4 is 8.07 Å². The smallest absolute Gasteiger partial charge is 0.231 e. The monoisotopic (exact) mass is 404 g/mol. The highest BCUT2D eigenvalue weighted by Crippen LogP contribution is 2.57. The van der Waals surface area contributed by atoms with E-state index in [-0.39, 0.29) is 10.1 Å². The van der Waals surface area contributed by atoms with Crippen molar-refractivity contribution in [1.29, 1.82) is 0 Å². The highest BCUT2D eigenvalue weighted by molar-refractivity contribution is 6.83. The first-order valence-corrected chi connectivity index (χ1v) is 13.7. The van der Waals surface area contributed by atoms with Gasteiger partial charge in [-0.15, -0.1) is 4.68 Å². The first kappa shape index (κ1) is 20.1. The molecule has 2 heterocycles. The van der Waals surface area contributed by atoms with Crippen molar-refractivity contribution in [2.24, 2.45) is 7.05 Å². The van der Waals surface area contributed by atoms with Gasteiger partial charge in [0.05, 0.1) is 21.2 Å². The average molecular weight is 405 g/mol. The van der Waals surface area contributed by atoms with Gasteiger partial charge in [0.15, 0.2) is 0 Å². The lowest BCUT2D eigenvalue weighted by Crippen LogP contribution is -2.65. The fourth-order valence-electron chi connectivity index (χ4n) is 5.46. The molecule has 1 atom stereocenters. The van der Waals surface area contributed by atoms with Crippen LogP contribution in [0, 0.1) is 0 Å². The number of aromatic nitrogens is 3. The number of rotatable bonds is 4. The van der Waals surface area contributed by atoms with Gasteiger partial charge in [-0.25, -0.2) is 4.57 Å². The van der Waals surface area contributed by atoms with Crippen LogP contribution in [-0.2, 0) is 18.5 Å². The predicted molar refractivity (Wildman–Crippen MR) is 122 cm³/mol. The Labute approximate surface area is 176 Å². The van der Waals surface area contributed by atoms with E-state index in [9.17, 15) is 0 Å². The molecule has 0 radical (unpaired) electrons. The first-order chi connectivity index (χ1) is 13.7. The van der Waals surface area contributed by atoms with Gasteiger partial charge in [-0.2, -0.15) is 0 Å².